The molecule has 0 aromatic heterocycles. The molecule has 0 saturated heterocycles. The summed E-state index contributed by atoms with van der Waals surface area (Å²) >= 11 is 0. The Morgan fingerprint density at radius 1 is 0.574 bits per heavy atom. The van der Waals surface area contributed by atoms with Gasteiger partial charge in [-0.1, -0.05) is 136 Å². The highest BCUT2D eigenvalue weighted by Crippen LogP contribution is 2.38. The number of ketones is 1. The number of phosphoric ester groups is 1. The molecule has 0 bridgehead atoms. The molecule has 0 N–H and O–H groups in total. The maximum atomic E-state index is 12.7. The maximum Gasteiger partial charge on any atom is 0.306 e. The number of likely N-dealkylation sites (N-methyl/N-ethyl adjacent to an activating group) is 1. The molecular formula is C50H80NO9P. The molecule has 0 spiro atoms. The number of allylic oxidation sites excluding steroid dienone is 18. The Hall–Kier alpha value is -3.66. The van der Waals surface area contributed by atoms with Gasteiger partial charge in [0, 0.05) is 19.3 Å². The summed E-state index contributed by atoms with van der Waals surface area (Å²) in [4.78, 5) is 49.8. The number of phosphoric acid groups is 1. The van der Waals surface area contributed by atoms with E-state index in [0.717, 1.165) is 70.6 Å². The zero-order chi connectivity index (χ0) is 45.1. The van der Waals surface area contributed by atoms with Gasteiger partial charge < -0.3 is 27.9 Å². The van der Waals surface area contributed by atoms with E-state index in [2.05, 4.69) is 98.9 Å². The van der Waals surface area contributed by atoms with Gasteiger partial charge in [0.2, 0.25) is 0 Å². The van der Waals surface area contributed by atoms with Crippen LogP contribution in [0.3, 0.4) is 0 Å². The third kappa shape index (κ3) is 44.2. The first kappa shape index (κ1) is 57.3. The Morgan fingerprint density at radius 2 is 1.10 bits per heavy atom. The second-order valence-electron chi connectivity index (χ2n) is 15.7. The van der Waals surface area contributed by atoms with Crippen LogP contribution in [0.25, 0.3) is 0 Å². The van der Waals surface area contributed by atoms with E-state index in [1.165, 1.54) is 25.3 Å². The number of rotatable bonds is 39. The first-order valence-electron chi connectivity index (χ1n) is 22.5. The zero-order valence-electron chi connectivity index (χ0n) is 38.3. The topological polar surface area (TPSA) is 128 Å². The highest BCUT2D eigenvalue weighted by Gasteiger charge is 2.21. The van der Waals surface area contributed by atoms with Crippen LogP contribution in [0.4, 0.5) is 0 Å². The minimum Gasteiger partial charge on any atom is -0.756 e. The summed E-state index contributed by atoms with van der Waals surface area (Å²) in [5.74, 6) is -1.26. The van der Waals surface area contributed by atoms with Gasteiger partial charge in [-0.25, -0.2) is 0 Å². The van der Waals surface area contributed by atoms with Crippen LogP contribution >= 0.6 is 7.82 Å². The monoisotopic (exact) mass is 870 g/mol. The lowest BCUT2D eigenvalue weighted by molar-refractivity contribution is -0.870. The van der Waals surface area contributed by atoms with Crippen LogP contribution in [0.1, 0.15) is 136 Å². The first-order chi connectivity index (χ1) is 29.4. The van der Waals surface area contributed by atoms with Crippen molar-refractivity contribution < 1.29 is 46.8 Å². The molecule has 0 saturated carbocycles. The maximum absolute atomic E-state index is 12.7. The molecule has 11 heteroatoms. The van der Waals surface area contributed by atoms with Gasteiger partial charge in [0.05, 0.1) is 27.7 Å². The molecule has 0 aliphatic carbocycles. The summed E-state index contributed by atoms with van der Waals surface area (Å²) in [6.07, 6.45) is 51.2. The van der Waals surface area contributed by atoms with E-state index < -0.39 is 39.1 Å². The van der Waals surface area contributed by atoms with Crippen molar-refractivity contribution >= 4 is 25.5 Å². The van der Waals surface area contributed by atoms with Crippen molar-refractivity contribution in [2.75, 3.05) is 47.5 Å². The molecule has 2 atom stereocenters. The van der Waals surface area contributed by atoms with Crippen LogP contribution in [-0.4, -0.2) is 75.8 Å². The minimum atomic E-state index is -4.70. The van der Waals surface area contributed by atoms with E-state index in [1.54, 1.807) is 6.08 Å². The second kappa shape index (κ2) is 40.4. The number of carbonyl (C=O) groups is 3. The molecule has 10 nitrogen and oxygen atoms in total. The summed E-state index contributed by atoms with van der Waals surface area (Å²) < 4.78 is 33.6. The van der Waals surface area contributed by atoms with E-state index in [0.29, 0.717) is 17.4 Å². The van der Waals surface area contributed by atoms with Crippen LogP contribution in [0, 0.1) is 0 Å². The molecule has 0 fully saturated rings. The lowest BCUT2D eigenvalue weighted by Gasteiger charge is -2.28. The molecule has 61 heavy (non-hydrogen) atoms. The Morgan fingerprint density at radius 3 is 1.66 bits per heavy atom. The van der Waals surface area contributed by atoms with Gasteiger partial charge in [0.25, 0.3) is 7.82 Å². The molecule has 0 aromatic carbocycles. The summed E-state index contributed by atoms with van der Waals surface area (Å²) in [5.41, 5.74) is 0. The minimum absolute atomic E-state index is 0.0269. The van der Waals surface area contributed by atoms with Gasteiger partial charge in [0.1, 0.15) is 19.8 Å². The number of quaternary nitrogens is 1. The fraction of sp³-hybridized carbons (Fsp3) is 0.580. The molecule has 0 aliphatic rings. The van der Waals surface area contributed by atoms with E-state index in [9.17, 15) is 23.8 Å². The average molecular weight is 870 g/mol. The molecule has 0 rings (SSSR count). The van der Waals surface area contributed by atoms with Crippen molar-refractivity contribution in [1.82, 2.24) is 0 Å². The van der Waals surface area contributed by atoms with Crippen molar-refractivity contribution in [2.45, 2.75) is 142 Å². The smallest absolute Gasteiger partial charge is 0.306 e. The standard InChI is InChI=1S/C50H80NO9P/c1-6-8-10-12-14-16-18-20-21-22-23-24-25-27-29-31-33-35-37-41-50(54)60-48(46-59-61(55,56)58-44-43-51(3,4)5)45-57-49(53)42-38-40-47(52)39-36-34-32-30-28-26-19-17-15-13-11-9-7-2/h8,10,14-17,20-21,23-24,26-29,32,34,36,39,48H,6-7,9,11-13,18-19,22,25,30-31,33,35,37-38,40-46H2,1-5H3/b10-8-,16-14-,17-15-,21-20-,24-23-,28-26-,29-27-,34-32-,39-36+/t48-/m1/s1. The fourth-order valence-electron chi connectivity index (χ4n) is 5.22. The SMILES string of the molecule is CC/C=C\C/C=C\C/C=C\C/C=C\C/C=C\CCCCCC(=O)O[C@H](COC(=O)CCCC(=O)/C=C/C=C\C/C=C\C/C=C\CCCCC)COP(=O)([O-])OCC[N+](C)(C)C. The Bertz CT molecular complexity index is 1460. The molecule has 0 radical (unpaired) electrons. The molecule has 0 aromatic rings. The molecule has 0 heterocycles. The molecule has 0 amide bonds. The summed E-state index contributed by atoms with van der Waals surface area (Å²) in [6.45, 7) is 3.73. The Kier molecular flexibility index (Phi) is 38.0. The van der Waals surface area contributed by atoms with E-state index in [4.69, 9.17) is 18.5 Å². The Balaban J connectivity index is 4.63. The van der Waals surface area contributed by atoms with Gasteiger partial charge in [0.15, 0.2) is 11.9 Å². The van der Waals surface area contributed by atoms with Crippen molar-refractivity contribution in [3.8, 4) is 0 Å². The molecular weight excluding hydrogens is 790 g/mol. The summed E-state index contributed by atoms with van der Waals surface area (Å²) in [7, 11) is 0.996. The van der Waals surface area contributed by atoms with Crippen molar-refractivity contribution in [1.29, 1.82) is 0 Å². The van der Waals surface area contributed by atoms with Crippen LogP contribution in [0.5, 0.6) is 0 Å². The number of nitrogens with zero attached hydrogens (tertiary/aromatic N) is 1. The molecule has 0 aliphatic heterocycles. The van der Waals surface area contributed by atoms with Crippen LogP contribution in [0.2, 0.25) is 0 Å². The first-order valence-corrected chi connectivity index (χ1v) is 24.0. The Labute approximate surface area is 370 Å². The normalized spacial score (nSPS) is 14.5. The fourth-order valence-corrected chi connectivity index (χ4v) is 5.95. The predicted octanol–water partition coefficient (Wildman–Crippen LogP) is 11.7. The van der Waals surface area contributed by atoms with Crippen LogP contribution in [-0.2, 0) is 37.5 Å². The third-order valence-corrected chi connectivity index (χ3v) is 9.72. The summed E-state index contributed by atoms with van der Waals surface area (Å²) in [5, 5.41) is 0. The molecule has 1 unspecified atom stereocenters. The zero-order valence-corrected chi connectivity index (χ0v) is 39.2. The number of carbonyl (C=O) groups excluding carboxylic acids is 3. The highest BCUT2D eigenvalue weighted by molar-refractivity contribution is 7.45. The number of unbranched alkanes of at least 4 members (excludes halogenated alkanes) is 6. The largest absolute Gasteiger partial charge is 0.756 e. The van der Waals surface area contributed by atoms with Crippen LogP contribution in [0.15, 0.2) is 109 Å². The number of esters is 2. The third-order valence-electron chi connectivity index (χ3n) is 8.75. The number of ether oxygens (including phenoxy) is 2. The van der Waals surface area contributed by atoms with Crippen LogP contribution < -0.4 is 4.89 Å². The van der Waals surface area contributed by atoms with Crippen molar-refractivity contribution in [3.63, 3.8) is 0 Å². The lowest BCUT2D eigenvalue weighted by Crippen LogP contribution is -2.37. The van der Waals surface area contributed by atoms with Gasteiger partial charge in [-0.05, 0) is 89.5 Å². The second-order valence-corrected chi connectivity index (χ2v) is 17.1. The van der Waals surface area contributed by atoms with E-state index >= 15 is 0 Å². The lowest BCUT2D eigenvalue weighted by atomic mass is 10.1. The quantitative estimate of drug-likeness (QED) is 0.0113. The van der Waals surface area contributed by atoms with Crippen molar-refractivity contribution in [3.05, 3.63) is 109 Å². The molecule has 344 valence electrons. The van der Waals surface area contributed by atoms with Crippen molar-refractivity contribution in [2.24, 2.45) is 0 Å². The number of hydrogen-bond acceptors (Lipinski definition) is 9. The number of hydrogen-bond donors (Lipinski definition) is 0. The highest BCUT2D eigenvalue weighted by atomic mass is 31.2. The van der Waals surface area contributed by atoms with Gasteiger partial charge >= 0.3 is 11.9 Å². The van der Waals surface area contributed by atoms with E-state index in [-0.39, 0.29) is 38.1 Å². The van der Waals surface area contributed by atoms with Gasteiger partial charge in [-0.3, -0.25) is 18.9 Å². The average Bonchev–Trinajstić information content (AvgIpc) is 3.21. The van der Waals surface area contributed by atoms with Gasteiger partial charge in [-0.15, -0.1) is 0 Å². The summed E-state index contributed by atoms with van der Waals surface area (Å²) in [6, 6.07) is 0. The predicted molar refractivity (Wildman–Crippen MR) is 250 cm³/mol. The van der Waals surface area contributed by atoms with E-state index in [1.807, 2.05) is 33.3 Å². The van der Waals surface area contributed by atoms with Gasteiger partial charge in [-0.2, -0.15) is 0 Å².